The van der Waals surface area contributed by atoms with E-state index in [1.165, 1.54) is 0 Å². The highest BCUT2D eigenvalue weighted by molar-refractivity contribution is 6.30. The van der Waals surface area contributed by atoms with Crippen LogP contribution < -0.4 is 10.1 Å². The second-order valence-corrected chi connectivity index (χ2v) is 3.76. The van der Waals surface area contributed by atoms with Crippen molar-refractivity contribution in [3.05, 3.63) is 28.8 Å². The van der Waals surface area contributed by atoms with Crippen molar-refractivity contribution in [3.8, 4) is 5.75 Å². The zero-order chi connectivity index (χ0) is 11.3. The van der Waals surface area contributed by atoms with Gasteiger partial charge in [-0.3, -0.25) is 0 Å². The molecular weight excluding hydrogens is 214 g/mol. The van der Waals surface area contributed by atoms with E-state index in [-0.39, 0.29) is 12.5 Å². The molecular formula is C11H16ClNO2. The minimum absolute atomic E-state index is 0.00338. The normalized spacial score (nSPS) is 12.5. The second kappa shape index (κ2) is 5.95. The summed E-state index contributed by atoms with van der Waals surface area (Å²) in [6.07, 6.45) is 0. The van der Waals surface area contributed by atoms with Gasteiger partial charge in [-0.05, 0) is 25.2 Å². The van der Waals surface area contributed by atoms with Crippen LogP contribution in [0.15, 0.2) is 18.2 Å². The monoisotopic (exact) mass is 229 g/mol. The number of aliphatic hydroxyl groups is 1. The number of ether oxygens (including phenoxy) is 1. The topological polar surface area (TPSA) is 41.5 Å². The van der Waals surface area contributed by atoms with Gasteiger partial charge in [-0.2, -0.15) is 0 Å². The summed E-state index contributed by atoms with van der Waals surface area (Å²) < 4.78 is 5.23. The maximum Gasteiger partial charge on any atom is 0.122 e. The SMILES string of the molecule is CNCC(CO)c1cc(Cl)ccc1OC. The summed E-state index contributed by atoms with van der Waals surface area (Å²) in [7, 11) is 3.46. The molecule has 0 saturated heterocycles. The van der Waals surface area contributed by atoms with Crippen molar-refractivity contribution >= 4 is 11.6 Å². The minimum Gasteiger partial charge on any atom is -0.496 e. The number of nitrogens with one attached hydrogen (secondary N) is 1. The Morgan fingerprint density at radius 3 is 2.80 bits per heavy atom. The van der Waals surface area contributed by atoms with Gasteiger partial charge >= 0.3 is 0 Å². The Hall–Kier alpha value is -0.770. The molecule has 84 valence electrons. The maximum absolute atomic E-state index is 9.28. The summed E-state index contributed by atoms with van der Waals surface area (Å²) in [5, 5.41) is 13.0. The van der Waals surface area contributed by atoms with Crippen LogP contribution in [0.5, 0.6) is 5.75 Å². The molecule has 0 aliphatic rings. The van der Waals surface area contributed by atoms with Crippen LogP contribution >= 0.6 is 11.6 Å². The van der Waals surface area contributed by atoms with Crippen molar-refractivity contribution in [1.82, 2.24) is 5.32 Å². The lowest BCUT2D eigenvalue weighted by molar-refractivity contribution is 0.260. The predicted molar refractivity (Wildman–Crippen MR) is 61.8 cm³/mol. The smallest absolute Gasteiger partial charge is 0.122 e. The first-order chi connectivity index (χ1) is 7.22. The lowest BCUT2D eigenvalue weighted by Gasteiger charge is -2.17. The Bertz CT molecular complexity index is 317. The van der Waals surface area contributed by atoms with Gasteiger partial charge in [0.05, 0.1) is 13.7 Å². The number of hydrogen-bond donors (Lipinski definition) is 2. The van der Waals surface area contributed by atoms with Gasteiger partial charge in [-0.25, -0.2) is 0 Å². The van der Waals surface area contributed by atoms with Gasteiger partial charge in [0, 0.05) is 23.0 Å². The fraction of sp³-hybridized carbons (Fsp3) is 0.455. The fourth-order valence-electron chi connectivity index (χ4n) is 1.54. The summed E-state index contributed by atoms with van der Waals surface area (Å²) in [5.41, 5.74) is 0.932. The molecule has 0 amide bonds. The van der Waals surface area contributed by atoms with Gasteiger partial charge in [0.25, 0.3) is 0 Å². The van der Waals surface area contributed by atoms with Gasteiger partial charge in [0.1, 0.15) is 5.75 Å². The van der Waals surface area contributed by atoms with Crippen molar-refractivity contribution in [2.75, 3.05) is 27.3 Å². The van der Waals surface area contributed by atoms with E-state index in [1.54, 1.807) is 13.2 Å². The van der Waals surface area contributed by atoms with Crippen molar-refractivity contribution in [2.24, 2.45) is 0 Å². The van der Waals surface area contributed by atoms with E-state index in [0.717, 1.165) is 11.3 Å². The first kappa shape index (κ1) is 12.3. The van der Waals surface area contributed by atoms with Gasteiger partial charge < -0.3 is 15.2 Å². The first-order valence-electron chi connectivity index (χ1n) is 4.81. The average molecular weight is 230 g/mol. The van der Waals surface area contributed by atoms with E-state index in [9.17, 15) is 5.11 Å². The highest BCUT2D eigenvalue weighted by Gasteiger charge is 2.14. The maximum atomic E-state index is 9.28. The molecule has 3 nitrogen and oxygen atoms in total. The van der Waals surface area contributed by atoms with E-state index in [4.69, 9.17) is 16.3 Å². The van der Waals surface area contributed by atoms with E-state index >= 15 is 0 Å². The number of hydrogen-bond acceptors (Lipinski definition) is 3. The van der Waals surface area contributed by atoms with Gasteiger partial charge in [0.2, 0.25) is 0 Å². The van der Waals surface area contributed by atoms with Gasteiger partial charge in [0.15, 0.2) is 0 Å². The number of rotatable bonds is 5. The fourth-order valence-corrected chi connectivity index (χ4v) is 1.72. The zero-order valence-electron chi connectivity index (χ0n) is 8.96. The first-order valence-corrected chi connectivity index (χ1v) is 5.19. The summed E-state index contributed by atoms with van der Waals surface area (Å²) in [6.45, 7) is 0.755. The molecule has 0 fully saturated rings. The Kier molecular flexibility index (Phi) is 4.88. The molecule has 2 N–H and O–H groups in total. The molecule has 0 spiro atoms. The standard InChI is InChI=1S/C11H16ClNO2/c1-13-6-8(7-14)10-5-9(12)3-4-11(10)15-2/h3-5,8,13-14H,6-7H2,1-2H3. The van der Waals surface area contributed by atoms with E-state index in [0.29, 0.717) is 11.6 Å². The second-order valence-electron chi connectivity index (χ2n) is 3.32. The Morgan fingerprint density at radius 1 is 1.53 bits per heavy atom. The molecule has 0 bridgehead atoms. The number of aliphatic hydroxyl groups excluding tert-OH is 1. The minimum atomic E-state index is 0.00338. The average Bonchev–Trinajstić information content (AvgIpc) is 2.26. The molecule has 15 heavy (non-hydrogen) atoms. The van der Waals surface area contributed by atoms with Gasteiger partial charge in [-0.1, -0.05) is 11.6 Å². The number of benzene rings is 1. The molecule has 0 aliphatic heterocycles. The van der Waals surface area contributed by atoms with E-state index in [1.807, 2.05) is 19.2 Å². The summed E-state index contributed by atoms with van der Waals surface area (Å²) in [4.78, 5) is 0. The number of halogens is 1. The van der Waals surface area contributed by atoms with Crippen LogP contribution in [0.1, 0.15) is 11.5 Å². The lowest BCUT2D eigenvalue weighted by Crippen LogP contribution is -2.20. The lowest BCUT2D eigenvalue weighted by atomic mass is 9.99. The van der Waals surface area contributed by atoms with Crippen LogP contribution in [-0.2, 0) is 0 Å². The molecule has 4 heteroatoms. The quantitative estimate of drug-likeness (QED) is 0.807. The summed E-state index contributed by atoms with van der Waals surface area (Å²) in [6, 6.07) is 5.42. The van der Waals surface area contributed by atoms with Crippen LogP contribution in [0.4, 0.5) is 0 Å². The molecule has 1 unspecified atom stereocenters. The van der Waals surface area contributed by atoms with Crippen molar-refractivity contribution in [3.63, 3.8) is 0 Å². The van der Waals surface area contributed by atoms with Crippen molar-refractivity contribution in [1.29, 1.82) is 0 Å². The van der Waals surface area contributed by atoms with E-state index < -0.39 is 0 Å². The Labute approximate surface area is 95.0 Å². The highest BCUT2D eigenvalue weighted by atomic mass is 35.5. The predicted octanol–water partition coefficient (Wildman–Crippen LogP) is 1.64. The van der Waals surface area contributed by atoms with Crippen LogP contribution in [-0.4, -0.2) is 32.4 Å². The molecule has 1 aromatic carbocycles. The highest BCUT2D eigenvalue weighted by Crippen LogP contribution is 2.29. The molecule has 0 saturated carbocycles. The van der Waals surface area contributed by atoms with Gasteiger partial charge in [-0.15, -0.1) is 0 Å². The van der Waals surface area contributed by atoms with Crippen molar-refractivity contribution in [2.45, 2.75) is 5.92 Å². The molecule has 1 rings (SSSR count). The third-order valence-corrected chi connectivity index (χ3v) is 2.54. The third kappa shape index (κ3) is 3.09. The summed E-state index contributed by atoms with van der Waals surface area (Å²) in [5.74, 6) is 0.761. The molecule has 0 aromatic heterocycles. The summed E-state index contributed by atoms with van der Waals surface area (Å²) >= 11 is 5.92. The van der Waals surface area contributed by atoms with Crippen LogP contribution in [0, 0.1) is 0 Å². The molecule has 0 aliphatic carbocycles. The molecule has 1 atom stereocenters. The zero-order valence-corrected chi connectivity index (χ0v) is 9.71. The number of methoxy groups -OCH3 is 1. The Balaban J connectivity index is 3.02. The van der Waals surface area contributed by atoms with Crippen LogP contribution in [0.3, 0.4) is 0 Å². The molecule has 0 heterocycles. The largest absolute Gasteiger partial charge is 0.496 e. The number of likely N-dealkylation sites (N-methyl/N-ethyl adjacent to an activating group) is 1. The van der Waals surface area contributed by atoms with E-state index in [2.05, 4.69) is 5.32 Å². The molecule has 1 aromatic rings. The Morgan fingerprint density at radius 2 is 2.27 bits per heavy atom. The van der Waals surface area contributed by atoms with Crippen LogP contribution in [0.25, 0.3) is 0 Å². The molecule has 0 radical (unpaired) electrons. The van der Waals surface area contributed by atoms with Crippen LogP contribution in [0.2, 0.25) is 5.02 Å². The van der Waals surface area contributed by atoms with Crippen molar-refractivity contribution < 1.29 is 9.84 Å². The third-order valence-electron chi connectivity index (χ3n) is 2.30.